The van der Waals surface area contributed by atoms with Gasteiger partial charge in [-0.2, -0.15) is 0 Å². The molecule has 2 aliphatic heterocycles. The van der Waals surface area contributed by atoms with Crippen LogP contribution in [0.1, 0.15) is 31.2 Å². The van der Waals surface area contributed by atoms with Crippen molar-refractivity contribution in [3.8, 4) is 5.75 Å². The van der Waals surface area contributed by atoms with E-state index in [4.69, 9.17) is 14.6 Å². The fourth-order valence-corrected chi connectivity index (χ4v) is 4.09. The van der Waals surface area contributed by atoms with Gasteiger partial charge >= 0.3 is 6.03 Å². The molecule has 168 valence electrons. The number of nitrogens with zero attached hydrogens (tertiary/aromatic N) is 3. The van der Waals surface area contributed by atoms with Crippen LogP contribution in [0.5, 0.6) is 5.75 Å². The number of methoxy groups -OCH3 is 1. The van der Waals surface area contributed by atoms with Gasteiger partial charge in [-0.25, -0.2) is 4.79 Å². The van der Waals surface area contributed by atoms with E-state index in [1.807, 2.05) is 24.3 Å². The second kappa shape index (κ2) is 13.1. The molecular formula is C22H36N4O4. The fraction of sp³-hybridized carbons (Fsp3) is 0.636. The van der Waals surface area contributed by atoms with Gasteiger partial charge in [-0.1, -0.05) is 18.2 Å². The number of para-hydroxylation sites is 1. The standard InChI is InChI=1S/C21H34N4O2.CH2O2/c1-23-13-15-24(16-14-23)12-10-19-8-5-6-11-25(19)21(26)22-17-18-7-3-4-9-20(18)27-2;2-1-3/h3-4,7,9,19H,5-6,8,10-17H2,1-2H3,(H,22,26);1H,(H,2,3). The number of ether oxygens (including phenoxy) is 1. The summed E-state index contributed by atoms with van der Waals surface area (Å²) in [4.78, 5) is 28.2. The fourth-order valence-electron chi connectivity index (χ4n) is 4.09. The molecule has 2 fully saturated rings. The van der Waals surface area contributed by atoms with E-state index >= 15 is 0 Å². The first kappa shape index (κ1) is 24.0. The highest BCUT2D eigenvalue weighted by Crippen LogP contribution is 2.21. The molecule has 2 saturated heterocycles. The highest BCUT2D eigenvalue weighted by Gasteiger charge is 2.27. The molecule has 1 aromatic carbocycles. The molecule has 8 nitrogen and oxygen atoms in total. The number of hydrogen-bond donors (Lipinski definition) is 2. The zero-order valence-corrected chi connectivity index (χ0v) is 18.3. The minimum Gasteiger partial charge on any atom is -0.496 e. The Kier molecular flexibility index (Phi) is 10.4. The number of urea groups is 1. The summed E-state index contributed by atoms with van der Waals surface area (Å²) in [5.74, 6) is 0.822. The summed E-state index contributed by atoms with van der Waals surface area (Å²) in [6.07, 6.45) is 4.53. The van der Waals surface area contributed by atoms with Crippen LogP contribution in [0.3, 0.4) is 0 Å². The Balaban J connectivity index is 0.00000101. The Bertz CT molecular complexity index is 650. The average Bonchev–Trinajstić information content (AvgIpc) is 2.78. The summed E-state index contributed by atoms with van der Waals surface area (Å²) in [6.45, 7) is 6.79. The monoisotopic (exact) mass is 420 g/mol. The molecule has 2 N–H and O–H groups in total. The Hall–Kier alpha value is -2.32. The minimum atomic E-state index is -0.250. The van der Waals surface area contributed by atoms with Crippen LogP contribution < -0.4 is 10.1 Å². The Morgan fingerprint density at radius 1 is 1.20 bits per heavy atom. The van der Waals surface area contributed by atoms with Gasteiger partial charge in [0.25, 0.3) is 6.47 Å². The van der Waals surface area contributed by atoms with Gasteiger partial charge in [-0.05, 0) is 38.8 Å². The maximum Gasteiger partial charge on any atom is 0.317 e. The van der Waals surface area contributed by atoms with Crippen LogP contribution in [-0.2, 0) is 11.3 Å². The normalized spacial score (nSPS) is 20.1. The molecule has 0 spiro atoms. The number of benzene rings is 1. The molecule has 2 amide bonds. The minimum absolute atomic E-state index is 0.0592. The number of amides is 2. The lowest BCUT2D eigenvalue weighted by atomic mass is 9.99. The predicted octanol–water partition coefficient (Wildman–Crippen LogP) is 2.10. The highest BCUT2D eigenvalue weighted by molar-refractivity contribution is 5.74. The number of piperidine rings is 1. The second-order valence-corrected chi connectivity index (χ2v) is 7.85. The molecule has 0 aliphatic carbocycles. The number of hydrogen-bond acceptors (Lipinski definition) is 5. The number of nitrogens with one attached hydrogen (secondary N) is 1. The first-order valence-corrected chi connectivity index (χ1v) is 10.7. The second-order valence-electron chi connectivity index (χ2n) is 7.85. The van der Waals surface area contributed by atoms with Crippen LogP contribution in [-0.4, -0.2) is 91.8 Å². The molecule has 0 bridgehead atoms. The first-order valence-electron chi connectivity index (χ1n) is 10.7. The van der Waals surface area contributed by atoms with E-state index < -0.39 is 0 Å². The predicted molar refractivity (Wildman–Crippen MR) is 117 cm³/mol. The summed E-state index contributed by atoms with van der Waals surface area (Å²) >= 11 is 0. The molecule has 2 aliphatic rings. The molecule has 1 atom stereocenters. The van der Waals surface area contributed by atoms with E-state index in [2.05, 4.69) is 27.1 Å². The van der Waals surface area contributed by atoms with Crippen LogP contribution >= 0.6 is 0 Å². The maximum absolute atomic E-state index is 12.8. The van der Waals surface area contributed by atoms with E-state index in [1.54, 1.807) is 7.11 Å². The van der Waals surface area contributed by atoms with E-state index in [0.717, 1.165) is 69.8 Å². The zero-order valence-electron chi connectivity index (χ0n) is 18.3. The summed E-state index contributed by atoms with van der Waals surface area (Å²) in [7, 11) is 3.85. The molecule has 8 heteroatoms. The van der Waals surface area contributed by atoms with Gasteiger partial charge in [0.15, 0.2) is 0 Å². The number of piperazine rings is 1. The van der Waals surface area contributed by atoms with Crippen LogP contribution in [0.4, 0.5) is 4.79 Å². The lowest BCUT2D eigenvalue weighted by Crippen LogP contribution is -2.50. The number of carbonyl (C=O) groups is 2. The molecule has 1 aromatic rings. The topological polar surface area (TPSA) is 85.4 Å². The molecule has 0 aromatic heterocycles. The van der Waals surface area contributed by atoms with E-state index in [0.29, 0.717) is 12.6 Å². The van der Waals surface area contributed by atoms with Gasteiger partial charge in [0, 0.05) is 57.4 Å². The Morgan fingerprint density at radius 3 is 2.60 bits per heavy atom. The summed E-state index contributed by atoms with van der Waals surface area (Å²) in [6, 6.07) is 8.27. The molecule has 1 unspecified atom stereocenters. The molecule has 30 heavy (non-hydrogen) atoms. The number of likely N-dealkylation sites (N-methyl/N-ethyl adjacent to an activating group) is 1. The smallest absolute Gasteiger partial charge is 0.317 e. The average molecular weight is 421 g/mol. The van der Waals surface area contributed by atoms with Gasteiger partial charge in [0.1, 0.15) is 5.75 Å². The number of carboxylic acid groups (broad SMARTS) is 1. The van der Waals surface area contributed by atoms with Gasteiger partial charge in [0.2, 0.25) is 0 Å². The quantitative estimate of drug-likeness (QED) is 0.686. The molecule has 0 radical (unpaired) electrons. The van der Waals surface area contributed by atoms with Gasteiger partial charge in [-0.3, -0.25) is 4.79 Å². The van der Waals surface area contributed by atoms with E-state index in [-0.39, 0.29) is 12.5 Å². The number of likely N-dealkylation sites (tertiary alicyclic amines) is 1. The SMILES string of the molecule is COc1ccccc1CNC(=O)N1CCCCC1CCN1CCN(C)CC1.O=CO. The van der Waals surface area contributed by atoms with Crippen LogP contribution in [0, 0.1) is 0 Å². The number of carbonyl (C=O) groups excluding carboxylic acids is 1. The van der Waals surface area contributed by atoms with Crippen molar-refractivity contribution in [2.45, 2.75) is 38.3 Å². The third-order valence-electron chi connectivity index (χ3n) is 5.89. The Labute approximate surface area is 179 Å². The lowest BCUT2D eigenvalue weighted by Gasteiger charge is -2.38. The van der Waals surface area contributed by atoms with Gasteiger partial charge in [-0.15, -0.1) is 0 Å². The van der Waals surface area contributed by atoms with Gasteiger partial charge < -0.3 is 29.9 Å². The first-order chi connectivity index (χ1) is 14.6. The van der Waals surface area contributed by atoms with Crippen molar-refractivity contribution in [2.75, 3.05) is 53.4 Å². The van der Waals surface area contributed by atoms with E-state index in [9.17, 15) is 4.79 Å². The van der Waals surface area contributed by atoms with Crippen LogP contribution in [0.2, 0.25) is 0 Å². The maximum atomic E-state index is 12.8. The van der Waals surface area contributed by atoms with Crippen molar-refractivity contribution in [3.05, 3.63) is 29.8 Å². The Morgan fingerprint density at radius 2 is 1.90 bits per heavy atom. The molecule has 0 saturated carbocycles. The highest BCUT2D eigenvalue weighted by atomic mass is 16.5. The largest absolute Gasteiger partial charge is 0.496 e. The zero-order chi connectivity index (χ0) is 21.8. The van der Waals surface area contributed by atoms with Crippen LogP contribution in [0.15, 0.2) is 24.3 Å². The van der Waals surface area contributed by atoms with Crippen molar-refractivity contribution in [2.24, 2.45) is 0 Å². The van der Waals surface area contributed by atoms with Gasteiger partial charge in [0.05, 0.1) is 7.11 Å². The molecular weight excluding hydrogens is 384 g/mol. The molecule has 2 heterocycles. The lowest BCUT2D eigenvalue weighted by molar-refractivity contribution is -0.122. The third-order valence-corrected chi connectivity index (χ3v) is 5.89. The summed E-state index contributed by atoms with van der Waals surface area (Å²) in [5, 5.41) is 9.99. The molecule has 3 rings (SSSR count). The summed E-state index contributed by atoms with van der Waals surface area (Å²) in [5.41, 5.74) is 1.01. The van der Waals surface area contributed by atoms with E-state index in [1.165, 1.54) is 6.42 Å². The number of rotatable bonds is 6. The van der Waals surface area contributed by atoms with Crippen molar-refractivity contribution in [3.63, 3.8) is 0 Å². The summed E-state index contributed by atoms with van der Waals surface area (Å²) < 4.78 is 5.38. The van der Waals surface area contributed by atoms with Crippen LogP contribution in [0.25, 0.3) is 0 Å². The van der Waals surface area contributed by atoms with Crippen molar-refractivity contribution in [1.29, 1.82) is 0 Å². The van der Waals surface area contributed by atoms with Crippen molar-refractivity contribution < 1.29 is 19.4 Å². The third kappa shape index (κ3) is 7.50. The van der Waals surface area contributed by atoms with Crippen molar-refractivity contribution in [1.82, 2.24) is 20.0 Å². The van der Waals surface area contributed by atoms with Crippen molar-refractivity contribution >= 4 is 12.5 Å².